The van der Waals surface area contributed by atoms with Crippen molar-refractivity contribution in [2.45, 2.75) is 44.2 Å². The Morgan fingerprint density at radius 3 is 2.75 bits per heavy atom. The lowest BCUT2D eigenvalue weighted by Crippen LogP contribution is -2.57. The fourth-order valence-electron chi connectivity index (χ4n) is 3.74. The van der Waals surface area contributed by atoms with Gasteiger partial charge in [-0.2, -0.15) is 0 Å². The van der Waals surface area contributed by atoms with Gasteiger partial charge in [0.1, 0.15) is 0 Å². The minimum absolute atomic E-state index is 0.0527. The Bertz CT molecular complexity index is 449. The minimum atomic E-state index is 0.0527. The first-order valence-corrected chi connectivity index (χ1v) is 7.76. The summed E-state index contributed by atoms with van der Waals surface area (Å²) >= 11 is 6.16. The molecule has 1 aliphatic carbocycles. The molecule has 1 aliphatic rings. The fraction of sp³-hybridized carbons (Fsp3) is 0.625. The molecular formula is C16H26ClN3. The molecule has 4 heteroatoms. The van der Waals surface area contributed by atoms with Crippen molar-refractivity contribution in [1.82, 2.24) is 10.3 Å². The first-order valence-electron chi connectivity index (χ1n) is 7.38. The van der Waals surface area contributed by atoms with Gasteiger partial charge in [-0.25, -0.2) is 0 Å². The third kappa shape index (κ3) is 3.01. The van der Waals surface area contributed by atoms with Crippen LogP contribution in [0.2, 0.25) is 5.02 Å². The fourth-order valence-corrected chi connectivity index (χ4v) is 3.94. The first-order chi connectivity index (χ1) is 9.49. The van der Waals surface area contributed by atoms with Crippen LogP contribution in [0.5, 0.6) is 0 Å². The number of nitrogens with two attached hydrogens (primary N) is 1. The molecular weight excluding hydrogens is 270 g/mol. The number of nitrogens with one attached hydrogen (secondary N) is 1. The molecule has 1 aromatic carbocycles. The molecule has 0 spiro atoms. The number of benzene rings is 1. The van der Waals surface area contributed by atoms with Crippen LogP contribution in [0.15, 0.2) is 24.3 Å². The molecule has 20 heavy (non-hydrogen) atoms. The Morgan fingerprint density at radius 2 is 2.20 bits per heavy atom. The highest BCUT2D eigenvalue weighted by molar-refractivity contribution is 6.30. The predicted molar refractivity (Wildman–Crippen MR) is 85.6 cm³/mol. The van der Waals surface area contributed by atoms with Crippen molar-refractivity contribution in [3.63, 3.8) is 0 Å². The lowest BCUT2D eigenvalue weighted by molar-refractivity contribution is 0.0366. The Hall–Kier alpha value is -0.610. The molecule has 3 nitrogen and oxygen atoms in total. The molecule has 2 rings (SSSR count). The molecule has 1 saturated carbocycles. The van der Waals surface area contributed by atoms with Crippen molar-refractivity contribution in [1.29, 1.82) is 0 Å². The SMILES string of the molecule is CC1CCCC(C(NN)c2cccc(Cl)c2)(N(C)C)C1. The summed E-state index contributed by atoms with van der Waals surface area (Å²) in [5.74, 6) is 6.66. The van der Waals surface area contributed by atoms with Crippen LogP contribution in [0.25, 0.3) is 0 Å². The van der Waals surface area contributed by atoms with E-state index < -0.39 is 0 Å². The van der Waals surface area contributed by atoms with E-state index in [9.17, 15) is 0 Å². The van der Waals surface area contributed by atoms with Gasteiger partial charge in [0, 0.05) is 10.6 Å². The van der Waals surface area contributed by atoms with Gasteiger partial charge in [0.2, 0.25) is 0 Å². The van der Waals surface area contributed by atoms with E-state index in [4.69, 9.17) is 17.4 Å². The summed E-state index contributed by atoms with van der Waals surface area (Å²) in [5, 5.41) is 0.764. The summed E-state index contributed by atoms with van der Waals surface area (Å²) in [5.41, 5.74) is 4.28. The molecule has 0 amide bonds. The second-order valence-corrected chi connectivity index (χ2v) is 6.79. The van der Waals surface area contributed by atoms with Gasteiger partial charge in [-0.3, -0.25) is 11.3 Å². The monoisotopic (exact) mass is 295 g/mol. The van der Waals surface area contributed by atoms with E-state index in [-0.39, 0.29) is 11.6 Å². The van der Waals surface area contributed by atoms with Crippen LogP contribution in [0, 0.1) is 5.92 Å². The zero-order valence-corrected chi connectivity index (χ0v) is 13.5. The maximum absolute atomic E-state index is 6.16. The summed E-state index contributed by atoms with van der Waals surface area (Å²) in [4.78, 5) is 2.34. The quantitative estimate of drug-likeness (QED) is 0.661. The largest absolute Gasteiger partial charge is 0.302 e. The smallest absolute Gasteiger partial charge is 0.0644 e. The molecule has 1 fully saturated rings. The van der Waals surface area contributed by atoms with Crippen molar-refractivity contribution < 1.29 is 0 Å². The van der Waals surface area contributed by atoms with Crippen LogP contribution in [0.3, 0.4) is 0 Å². The Kier molecular flexibility index (Phi) is 5.08. The summed E-state index contributed by atoms with van der Waals surface area (Å²) < 4.78 is 0. The highest BCUT2D eigenvalue weighted by Gasteiger charge is 2.44. The first kappa shape index (κ1) is 15.8. The van der Waals surface area contributed by atoms with E-state index in [2.05, 4.69) is 37.4 Å². The summed E-state index contributed by atoms with van der Waals surface area (Å²) in [6.07, 6.45) is 4.87. The van der Waals surface area contributed by atoms with Crippen molar-refractivity contribution >= 4 is 11.6 Å². The van der Waals surface area contributed by atoms with Crippen molar-refractivity contribution in [2.24, 2.45) is 11.8 Å². The van der Waals surface area contributed by atoms with Crippen molar-refractivity contribution in [3.05, 3.63) is 34.9 Å². The van der Waals surface area contributed by atoms with Gasteiger partial charge in [-0.1, -0.05) is 43.5 Å². The summed E-state index contributed by atoms with van der Waals surface area (Å²) in [6, 6.07) is 8.14. The van der Waals surface area contributed by atoms with E-state index >= 15 is 0 Å². The number of hydrogen-bond donors (Lipinski definition) is 2. The van der Waals surface area contributed by atoms with Gasteiger partial charge in [0.25, 0.3) is 0 Å². The summed E-state index contributed by atoms with van der Waals surface area (Å²) in [7, 11) is 4.32. The number of nitrogens with zero attached hydrogens (tertiary/aromatic N) is 1. The van der Waals surface area contributed by atoms with E-state index in [1.54, 1.807) is 0 Å². The van der Waals surface area contributed by atoms with Gasteiger partial charge < -0.3 is 4.90 Å². The molecule has 0 aliphatic heterocycles. The van der Waals surface area contributed by atoms with Crippen LogP contribution in [0.4, 0.5) is 0 Å². The standard InChI is InChI=1S/C16H26ClN3/c1-12-6-5-9-16(11-12,20(2)3)15(19-18)13-7-4-8-14(17)10-13/h4,7-8,10,12,15,19H,5-6,9,11,18H2,1-3H3. The molecule has 3 N–H and O–H groups in total. The average Bonchev–Trinajstić information content (AvgIpc) is 2.39. The number of hydrazine groups is 1. The molecule has 1 aromatic rings. The van der Waals surface area contributed by atoms with Gasteiger partial charge in [-0.05, 0) is 50.6 Å². The van der Waals surface area contributed by atoms with E-state index in [0.717, 1.165) is 23.8 Å². The molecule has 0 aromatic heterocycles. The topological polar surface area (TPSA) is 41.3 Å². The third-order valence-corrected chi connectivity index (χ3v) is 5.02. The Balaban J connectivity index is 2.40. The molecule has 0 radical (unpaired) electrons. The van der Waals surface area contributed by atoms with E-state index in [1.807, 2.05) is 18.2 Å². The maximum Gasteiger partial charge on any atom is 0.0644 e. The van der Waals surface area contributed by atoms with Gasteiger partial charge in [0.15, 0.2) is 0 Å². The molecule has 112 valence electrons. The lowest BCUT2D eigenvalue weighted by Gasteiger charge is -2.50. The number of hydrogen-bond acceptors (Lipinski definition) is 3. The van der Waals surface area contributed by atoms with Crippen molar-refractivity contribution in [2.75, 3.05) is 14.1 Å². The van der Waals surface area contributed by atoms with Gasteiger partial charge in [-0.15, -0.1) is 0 Å². The predicted octanol–water partition coefficient (Wildman–Crippen LogP) is 3.35. The normalized spacial score (nSPS) is 28.6. The van der Waals surface area contributed by atoms with E-state index in [1.165, 1.54) is 18.4 Å². The molecule has 0 saturated heterocycles. The average molecular weight is 296 g/mol. The molecule has 3 atom stereocenters. The molecule has 0 heterocycles. The van der Waals surface area contributed by atoms with Crippen LogP contribution in [0.1, 0.15) is 44.2 Å². The van der Waals surface area contributed by atoms with Crippen LogP contribution >= 0.6 is 11.6 Å². The minimum Gasteiger partial charge on any atom is -0.302 e. The molecule has 3 unspecified atom stereocenters. The van der Waals surface area contributed by atoms with Crippen LogP contribution < -0.4 is 11.3 Å². The number of likely N-dealkylation sites (N-methyl/N-ethyl adjacent to an activating group) is 1. The van der Waals surface area contributed by atoms with Crippen molar-refractivity contribution in [3.8, 4) is 0 Å². The molecule has 0 bridgehead atoms. The van der Waals surface area contributed by atoms with Crippen LogP contribution in [-0.4, -0.2) is 24.5 Å². The zero-order chi connectivity index (χ0) is 14.8. The highest BCUT2D eigenvalue weighted by atomic mass is 35.5. The lowest BCUT2D eigenvalue weighted by atomic mass is 9.70. The highest BCUT2D eigenvalue weighted by Crippen LogP contribution is 2.44. The van der Waals surface area contributed by atoms with Gasteiger partial charge >= 0.3 is 0 Å². The maximum atomic E-state index is 6.16. The Morgan fingerprint density at radius 1 is 1.45 bits per heavy atom. The third-order valence-electron chi connectivity index (χ3n) is 4.79. The zero-order valence-electron chi connectivity index (χ0n) is 12.7. The van der Waals surface area contributed by atoms with Gasteiger partial charge in [0.05, 0.1) is 6.04 Å². The Labute approximate surface area is 127 Å². The number of rotatable bonds is 4. The number of halogens is 1. The second-order valence-electron chi connectivity index (χ2n) is 6.35. The van der Waals surface area contributed by atoms with Crippen LogP contribution in [-0.2, 0) is 0 Å². The summed E-state index contributed by atoms with van der Waals surface area (Å²) in [6.45, 7) is 2.34. The second kappa shape index (κ2) is 6.44. The van der Waals surface area contributed by atoms with E-state index in [0.29, 0.717) is 0 Å².